The Labute approximate surface area is 179 Å². The summed E-state index contributed by atoms with van der Waals surface area (Å²) in [7, 11) is 0. The number of pyridine rings is 1. The van der Waals surface area contributed by atoms with Gasteiger partial charge in [0.15, 0.2) is 11.5 Å². The fourth-order valence-corrected chi connectivity index (χ4v) is 3.52. The first-order valence-electron chi connectivity index (χ1n) is 9.94. The zero-order chi connectivity index (χ0) is 21.8. The van der Waals surface area contributed by atoms with Crippen molar-refractivity contribution in [2.45, 2.75) is 20.0 Å². The molecule has 1 aromatic heterocycles. The van der Waals surface area contributed by atoms with Gasteiger partial charge in [-0.05, 0) is 43.2 Å². The number of fused-ring (bicyclic) bond motifs is 1. The quantitative estimate of drug-likeness (QED) is 0.421. The Hall–Kier alpha value is -3.94. The molecule has 0 fully saturated rings. The molecule has 1 aliphatic heterocycles. The molecule has 0 saturated carbocycles. The highest BCUT2D eigenvalue weighted by molar-refractivity contribution is 6.07. The molecule has 0 N–H and O–H groups in total. The molecule has 0 spiro atoms. The van der Waals surface area contributed by atoms with E-state index in [-0.39, 0.29) is 11.6 Å². The van der Waals surface area contributed by atoms with Crippen LogP contribution in [-0.2, 0) is 13.0 Å². The van der Waals surface area contributed by atoms with Crippen LogP contribution in [0.25, 0.3) is 0 Å². The minimum atomic E-state index is -0.456. The van der Waals surface area contributed by atoms with Gasteiger partial charge in [-0.1, -0.05) is 12.1 Å². The zero-order valence-corrected chi connectivity index (χ0v) is 17.0. The Morgan fingerprint density at radius 2 is 2.03 bits per heavy atom. The van der Waals surface area contributed by atoms with Crippen molar-refractivity contribution in [3.63, 3.8) is 0 Å². The molecule has 4 rings (SSSR count). The fraction of sp³-hybridized carbons (Fsp3) is 0.217. The lowest BCUT2D eigenvalue weighted by Gasteiger charge is -2.19. The van der Waals surface area contributed by atoms with E-state index < -0.39 is 4.92 Å². The molecule has 0 aliphatic carbocycles. The van der Waals surface area contributed by atoms with Crippen LogP contribution < -0.4 is 14.4 Å². The van der Waals surface area contributed by atoms with Gasteiger partial charge in [0, 0.05) is 42.2 Å². The van der Waals surface area contributed by atoms with Crippen molar-refractivity contribution in [3.05, 3.63) is 87.7 Å². The van der Waals surface area contributed by atoms with Gasteiger partial charge in [-0.3, -0.25) is 19.9 Å². The third-order valence-corrected chi connectivity index (χ3v) is 5.03. The molecule has 0 bridgehead atoms. The first kappa shape index (κ1) is 20.3. The van der Waals surface area contributed by atoms with Crippen molar-refractivity contribution in [1.82, 2.24) is 4.98 Å². The molecular weight excluding hydrogens is 398 g/mol. The van der Waals surface area contributed by atoms with E-state index in [2.05, 4.69) is 4.98 Å². The summed E-state index contributed by atoms with van der Waals surface area (Å²) in [5.41, 5.74) is 2.80. The molecule has 0 unspecified atom stereocenters. The summed E-state index contributed by atoms with van der Waals surface area (Å²) >= 11 is 0. The average molecular weight is 419 g/mol. The molecule has 0 radical (unpaired) electrons. The highest BCUT2D eigenvalue weighted by atomic mass is 16.6. The summed E-state index contributed by atoms with van der Waals surface area (Å²) in [6.45, 7) is 3.07. The van der Waals surface area contributed by atoms with Gasteiger partial charge >= 0.3 is 0 Å². The number of nitro benzene ring substituents is 1. The van der Waals surface area contributed by atoms with Crippen molar-refractivity contribution < 1.29 is 19.2 Å². The maximum absolute atomic E-state index is 13.2. The number of non-ortho nitro benzene ring substituents is 1. The summed E-state index contributed by atoms with van der Waals surface area (Å²) in [5, 5.41) is 11.1. The van der Waals surface area contributed by atoms with Gasteiger partial charge in [0.25, 0.3) is 11.6 Å². The number of anilines is 1. The number of benzene rings is 2. The Bertz CT molecular complexity index is 1120. The fourth-order valence-electron chi connectivity index (χ4n) is 3.52. The van der Waals surface area contributed by atoms with Crippen molar-refractivity contribution in [2.75, 3.05) is 18.1 Å². The second-order valence-electron chi connectivity index (χ2n) is 7.02. The van der Waals surface area contributed by atoms with Gasteiger partial charge in [-0.2, -0.15) is 0 Å². The van der Waals surface area contributed by atoms with Gasteiger partial charge in [-0.15, -0.1) is 0 Å². The van der Waals surface area contributed by atoms with E-state index in [4.69, 9.17) is 9.47 Å². The summed E-state index contributed by atoms with van der Waals surface area (Å²) in [6.07, 6.45) is 4.08. The topological polar surface area (TPSA) is 94.8 Å². The molecule has 0 saturated heterocycles. The predicted molar refractivity (Wildman–Crippen MR) is 115 cm³/mol. The number of carbonyl (C=O) groups excluding carboxylic acids is 1. The molecule has 158 valence electrons. The van der Waals surface area contributed by atoms with E-state index in [0.717, 1.165) is 11.1 Å². The maximum atomic E-state index is 13.2. The standard InChI is InChI=1S/C23H21N3O5/c1-2-30-22-12-18(6-8-21(22)31-15-16-4-3-10-24-14-16)23(27)25-11-9-17-5-7-19(26(28)29)13-20(17)25/h3-8,10,12-14H,2,9,11,15H2,1H3. The first-order valence-corrected chi connectivity index (χ1v) is 9.94. The summed E-state index contributed by atoms with van der Waals surface area (Å²) < 4.78 is 11.6. The number of nitrogens with zero attached hydrogens (tertiary/aromatic N) is 3. The number of rotatable bonds is 7. The molecule has 3 aromatic rings. The molecule has 31 heavy (non-hydrogen) atoms. The average Bonchev–Trinajstić information content (AvgIpc) is 3.22. The van der Waals surface area contributed by atoms with Crippen LogP contribution in [0.2, 0.25) is 0 Å². The van der Waals surface area contributed by atoms with Crippen molar-refractivity contribution >= 4 is 17.3 Å². The van der Waals surface area contributed by atoms with Crippen LogP contribution in [-0.4, -0.2) is 29.0 Å². The third kappa shape index (κ3) is 4.32. The van der Waals surface area contributed by atoms with E-state index in [9.17, 15) is 14.9 Å². The predicted octanol–water partition coefficient (Wildman–Crippen LogP) is 4.17. The highest BCUT2D eigenvalue weighted by Crippen LogP contribution is 2.34. The van der Waals surface area contributed by atoms with Crippen LogP contribution >= 0.6 is 0 Å². The van der Waals surface area contributed by atoms with Crippen LogP contribution in [0.3, 0.4) is 0 Å². The van der Waals surface area contributed by atoms with E-state index in [1.165, 1.54) is 12.1 Å². The lowest BCUT2D eigenvalue weighted by atomic mass is 10.1. The Morgan fingerprint density at radius 1 is 1.16 bits per heavy atom. The van der Waals surface area contributed by atoms with Gasteiger partial charge in [0.05, 0.1) is 17.2 Å². The third-order valence-electron chi connectivity index (χ3n) is 5.03. The van der Waals surface area contributed by atoms with Gasteiger partial charge in [0.1, 0.15) is 6.61 Å². The SMILES string of the molecule is CCOc1cc(C(=O)N2CCc3ccc([N+](=O)[O-])cc32)ccc1OCc1cccnc1. The van der Waals surface area contributed by atoms with E-state index in [1.54, 1.807) is 41.6 Å². The number of hydrogen-bond donors (Lipinski definition) is 0. The van der Waals surface area contributed by atoms with Gasteiger partial charge < -0.3 is 14.4 Å². The van der Waals surface area contributed by atoms with E-state index >= 15 is 0 Å². The van der Waals surface area contributed by atoms with E-state index in [0.29, 0.717) is 48.9 Å². The van der Waals surface area contributed by atoms with Crippen LogP contribution in [0.4, 0.5) is 11.4 Å². The monoisotopic (exact) mass is 419 g/mol. The smallest absolute Gasteiger partial charge is 0.271 e. The number of hydrogen-bond acceptors (Lipinski definition) is 6. The molecule has 8 heteroatoms. The van der Waals surface area contributed by atoms with Gasteiger partial charge in [0.2, 0.25) is 0 Å². The summed E-state index contributed by atoms with van der Waals surface area (Å²) in [6, 6.07) is 13.4. The minimum absolute atomic E-state index is 0.0346. The number of nitro groups is 1. The second kappa shape index (κ2) is 8.83. The van der Waals surface area contributed by atoms with Crippen molar-refractivity contribution in [3.8, 4) is 11.5 Å². The van der Waals surface area contributed by atoms with Crippen LogP contribution in [0.1, 0.15) is 28.4 Å². The first-order chi connectivity index (χ1) is 15.1. The van der Waals surface area contributed by atoms with Crippen LogP contribution in [0.5, 0.6) is 11.5 Å². The van der Waals surface area contributed by atoms with Crippen LogP contribution in [0, 0.1) is 10.1 Å². The Balaban J connectivity index is 1.57. The molecule has 1 aliphatic rings. The largest absolute Gasteiger partial charge is 0.490 e. The lowest BCUT2D eigenvalue weighted by molar-refractivity contribution is -0.384. The number of ether oxygens (including phenoxy) is 2. The van der Waals surface area contributed by atoms with Crippen LogP contribution in [0.15, 0.2) is 60.9 Å². The number of aromatic nitrogens is 1. The zero-order valence-electron chi connectivity index (χ0n) is 17.0. The van der Waals surface area contributed by atoms with Crippen molar-refractivity contribution in [1.29, 1.82) is 0 Å². The lowest BCUT2D eigenvalue weighted by Crippen LogP contribution is -2.28. The molecule has 8 nitrogen and oxygen atoms in total. The summed E-state index contributed by atoms with van der Waals surface area (Å²) in [5.74, 6) is 0.759. The normalized spacial score (nSPS) is 12.4. The Morgan fingerprint density at radius 3 is 2.77 bits per heavy atom. The number of amides is 1. The molecule has 1 amide bonds. The molecule has 2 heterocycles. The Kier molecular flexibility index (Phi) is 5.79. The van der Waals surface area contributed by atoms with Gasteiger partial charge in [-0.25, -0.2) is 0 Å². The van der Waals surface area contributed by atoms with Crippen molar-refractivity contribution in [2.24, 2.45) is 0 Å². The second-order valence-corrected chi connectivity index (χ2v) is 7.02. The highest BCUT2D eigenvalue weighted by Gasteiger charge is 2.28. The molecular formula is C23H21N3O5. The maximum Gasteiger partial charge on any atom is 0.271 e. The summed E-state index contributed by atoms with van der Waals surface area (Å²) in [4.78, 5) is 29.5. The van der Waals surface area contributed by atoms with E-state index in [1.807, 2.05) is 19.1 Å². The molecule has 2 aromatic carbocycles. The molecule has 0 atom stereocenters. The number of carbonyl (C=O) groups is 1. The minimum Gasteiger partial charge on any atom is -0.490 e.